The number of hydrogen-bond acceptors (Lipinski definition) is 19. The number of amides is 3. The Morgan fingerprint density at radius 1 is 0.681 bits per heavy atom. The molecule has 2 aromatic rings. The third kappa shape index (κ3) is 17.1. The molecule has 0 unspecified atom stereocenters. The molecule has 406 valence electrons. The summed E-state index contributed by atoms with van der Waals surface area (Å²) in [4.78, 5) is 71.4. The van der Waals surface area contributed by atoms with Crippen molar-refractivity contribution in [2.75, 3.05) is 56.6 Å². The molecule has 3 amide bonds. The molecule has 0 saturated carbocycles. The molecule has 4 heterocycles. The van der Waals surface area contributed by atoms with Gasteiger partial charge < -0.3 is 47.8 Å². The van der Waals surface area contributed by atoms with Crippen molar-refractivity contribution in [2.45, 2.75) is 127 Å². The van der Waals surface area contributed by atoms with Gasteiger partial charge in [-0.05, 0) is 76.9 Å². The first-order valence-electron chi connectivity index (χ1n) is 22.8. The number of halogens is 1. The second-order valence-corrected chi connectivity index (χ2v) is 20.8. The summed E-state index contributed by atoms with van der Waals surface area (Å²) in [5, 5.41) is 11.7. The Morgan fingerprint density at radius 2 is 1.04 bits per heavy atom. The van der Waals surface area contributed by atoms with Crippen molar-refractivity contribution in [3.8, 4) is 11.5 Å². The summed E-state index contributed by atoms with van der Waals surface area (Å²) >= 11 is 2.48. The maximum Gasteiger partial charge on any atom is 0.416 e. The summed E-state index contributed by atoms with van der Waals surface area (Å²) in [6, 6.07) is 14.2. The lowest BCUT2D eigenvalue weighted by Gasteiger charge is -2.41. The average Bonchev–Trinajstić information content (AvgIpc) is 3.96. The van der Waals surface area contributed by atoms with Gasteiger partial charge in [0.2, 0.25) is 0 Å². The smallest absolute Gasteiger partial charge is 0.416 e. The Hall–Kier alpha value is -4.43. The summed E-state index contributed by atoms with van der Waals surface area (Å²) in [7, 11) is 12.6. The van der Waals surface area contributed by atoms with E-state index < -0.39 is 82.6 Å². The van der Waals surface area contributed by atoms with Gasteiger partial charge in [-0.2, -0.15) is 0 Å². The topological polar surface area (TPSA) is 227 Å². The fourth-order valence-electron chi connectivity index (χ4n) is 7.27. The van der Waals surface area contributed by atoms with Gasteiger partial charge >= 0.3 is 18.2 Å². The SMILES string of the molecule is CNOC.COc1ccc(CO[C@H]2[C@H](C)[C@@H](C(=O)N(C)OC)O[C@@H]3SC(N(C)C(=O)OC(C)(C)C)=N[C@H]23)cc1.COc1ccc(CO[C@H]2[C@H](C)[C@@H](C(=O)O)O[C@@H]3SC(N(C)C(=O)OC(C)(C)C)=N[C@H]23)cc1.Cl.[HH]. The second kappa shape index (κ2) is 27.7. The molecule has 72 heavy (non-hydrogen) atoms. The number of hydrogen-bond donors (Lipinski definition) is 2. The molecule has 10 atom stereocenters. The number of carbonyl (C=O) groups is 4. The van der Waals surface area contributed by atoms with Crippen LogP contribution in [0.1, 0.15) is 67.9 Å². The van der Waals surface area contributed by atoms with Crippen molar-refractivity contribution in [2.24, 2.45) is 21.8 Å². The third-order valence-corrected chi connectivity index (χ3v) is 13.6. The van der Waals surface area contributed by atoms with Crippen molar-refractivity contribution >= 4 is 70.3 Å². The molecule has 0 aliphatic carbocycles. The Morgan fingerprint density at radius 3 is 1.36 bits per heavy atom. The van der Waals surface area contributed by atoms with Crippen LogP contribution in [0.3, 0.4) is 0 Å². The van der Waals surface area contributed by atoms with E-state index in [1.54, 1.807) is 90.9 Å². The van der Waals surface area contributed by atoms with Crippen molar-refractivity contribution in [3.63, 3.8) is 0 Å². The molecule has 4 aliphatic rings. The second-order valence-electron chi connectivity index (χ2n) is 18.7. The summed E-state index contributed by atoms with van der Waals surface area (Å²) in [5.74, 6) is -0.633. The van der Waals surface area contributed by atoms with Crippen LogP contribution in [0.5, 0.6) is 11.5 Å². The zero-order valence-electron chi connectivity index (χ0n) is 43.9. The zero-order valence-corrected chi connectivity index (χ0v) is 46.4. The van der Waals surface area contributed by atoms with Gasteiger partial charge in [0.15, 0.2) is 16.4 Å². The van der Waals surface area contributed by atoms with Crippen LogP contribution >= 0.6 is 35.9 Å². The number of hydroxylamine groups is 3. The maximum absolute atomic E-state index is 13.0. The Labute approximate surface area is 439 Å². The summed E-state index contributed by atoms with van der Waals surface area (Å²) in [6.45, 7) is 15.1. The fourth-order valence-corrected chi connectivity index (χ4v) is 9.58. The molecule has 2 fully saturated rings. The first-order valence-corrected chi connectivity index (χ1v) is 24.6. The number of nitrogens with zero attached hydrogens (tertiary/aromatic N) is 5. The number of fused-ring (bicyclic) bond motifs is 2. The quantitative estimate of drug-likeness (QED) is 0.202. The first kappa shape index (κ1) is 61.9. The standard InChI is InChI=1S/C24H35N3O7S.C22H30N2O7S.C2H7NO.ClH.H2/c1-14-18(32-13-15-9-11-16(30-7)12-10-15)17-21(33-19(14)20(28)27(6)31-8)35-22(25-17)26(5)23(29)34-24(2,3)4;1-12-16(29-11-13-7-9-14(28-6)10-8-13)15-19(30-17(12)18(25)26)32-20(23-15)24(5)21(27)31-22(2,3)4;1-3-4-2;;/h9-12,14,17-19,21H,13H2,1-8H3;7-10,12,15-17,19H,11H2,1-6H3,(H,25,26);3H,1-2H3;2*1H/t14-,17+,18-,19-,21+;12-,15+,16-,17-,19+;;;/m00.../s1. The fraction of sp³-hybridized carbons (Fsp3) is 0.625. The van der Waals surface area contributed by atoms with Crippen LogP contribution in [0.4, 0.5) is 9.59 Å². The number of amidine groups is 2. The molecular weight excluding hydrogens is 1000 g/mol. The number of carboxylic acid groups (broad SMARTS) is 1. The molecule has 0 radical (unpaired) electrons. The number of carbonyl (C=O) groups excluding carboxylic acids is 3. The number of likely N-dealkylation sites (N-methyl/N-ethyl adjacent to an activating group) is 1. The van der Waals surface area contributed by atoms with Gasteiger partial charge in [-0.25, -0.2) is 24.9 Å². The zero-order chi connectivity index (χ0) is 53.0. The predicted octanol–water partition coefficient (Wildman–Crippen LogP) is 7.10. The van der Waals surface area contributed by atoms with Crippen LogP contribution in [0.2, 0.25) is 0 Å². The number of rotatable bonds is 12. The van der Waals surface area contributed by atoms with Crippen LogP contribution in [0.25, 0.3) is 0 Å². The van der Waals surface area contributed by atoms with E-state index in [0.29, 0.717) is 16.9 Å². The number of aliphatic carboxylic acids is 1. The molecule has 21 nitrogen and oxygen atoms in total. The lowest BCUT2D eigenvalue weighted by molar-refractivity contribution is -0.199. The van der Waals surface area contributed by atoms with Crippen molar-refractivity contribution in [1.82, 2.24) is 20.3 Å². The van der Waals surface area contributed by atoms with E-state index in [1.165, 1.54) is 47.5 Å². The molecule has 6 rings (SSSR count). The molecule has 0 spiro atoms. The van der Waals surface area contributed by atoms with Gasteiger partial charge in [-0.3, -0.25) is 29.4 Å². The van der Waals surface area contributed by atoms with Gasteiger partial charge in [-0.15, -0.1) is 12.4 Å². The highest BCUT2D eigenvalue weighted by Gasteiger charge is 2.53. The van der Waals surface area contributed by atoms with Gasteiger partial charge in [0.25, 0.3) is 5.91 Å². The van der Waals surface area contributed by atoms with Crippen LogP contribution in [-0.2, 0) is 60.9 Å². The largest absolute Gasteiger partial charge is 0.497 e. The summed E-state index contributed by atoms with van der Waals surface area (Å²) in [5.41, 5.74) is 1.94. The van der Waals surface area contributed by atoms with Gasteiger partial charge in [0, 0.05) is 41.5 Å². The third-order valence-electron chi connectivity index (χ3n) is 11.1. The van der Waals surface area contributed by atoms with Crippen LogP contribution in [-0.4, -0.2) is 170 Å². The van der Waals surface area contributed by atoms with E-state index >= 15 is 0 Å². The highest BCUT2D eigenvalue weighted by molar-refractivity contribution is 8.14. The first-order chi connectivity index (χ1) is 33.4. The van der Waals surface area contributed by atoms with Gasteiger partial charge in [0.1, 0.15) is 51.8 Å². The van der Waals surface area contributed by atoms with E-state index in [0.717, 1.165) is 27.7 Å². The maximum atomic E-state index is 13.0. The van der Waals surface area contributed by atoms with E-state index in [9.17, 15) is 24.3 Å². The van der Waals surface area contributed by atoms with Gasteiger partial charge in [-0.1, -0.05) is 61.6 Å². The number of aliphatic imine (C=N–C) groups is 2. The van der Waals surface area contributed by atoms with Crippen molar-refractivity contribution < 1.29 is 73.3 Å². The van der Waals surface area contributed by atoms with Crippen molar-refractivity contribution in [3.05, 3.63) is 59.7 Å². The number of methoxy groups -OCH3 is 2. The molecule has 0 bridgehead atoms. The normalized spacial score (nSPS) is 25.2. The van der Waals surface area contributed by atoms with Crippen LogP contribution in [0.15, 0.2) is 58.5 Å². The molecule has 0 aromatic heterocycles. The highest BCUT2D eigenvalue weighted by Crippen LogP contribution is 2.43. The molecule has 2 aromatic carbocycles. The molecule has 24 heteroatoms. The highest BCUT2D eigenvalue weighted by atomic mass is 35.5. The van der Waals surface area contributed by atoms with Crippen LogP contribution < -0.4 is 15.0 Å². The lowest BCUT2D eigenvalue weighted by Crippen LogP contribution is -2.56. The summed E-state index contributed by atoms with van der Waals surface area (Å²) in [6.07, 6.45) is -3.83. The average molecular weight is 1080 g/mol. The number of thioether (sulfide) groups is 2. The number of nitrogens with one attached hydrogen (secondary N) is 1. The minimum absolute atomic E-state index is 0. The number of ether oxygens (including phenoxy) is 8. The number of benzene rings is 2. The minimum atomic E-state index is -1.05. The Kier molecular flexibility index (Phi) is 23.8. The molecule has 4 aliphatic heterocycles. The van der Waals surface area contributed by atoms with E-state index in [-0.39, 0.29) is 32.3 Å². The Balaban J connectivity index is 0.000000455. The number of carboxylic acids is 1. The molecule has 2 saturated heterocycles. The van der Waals surface area contributed by atoms with Crippen molar-refractivity contribution in [1.29, 1.82) is 0 Å². The van der Waals surface area contributed by atoms with E-state index in [1.807, 2.05) is 55.5 Å². The monoisotopic (exact) mass is 1070 g/mol. The van der Waals surface area contributed by atoms with E-state index in [2.05, 4.69) is 15.3 Å². The minimum Gasteiger partial charge on any atom is -0.497 e. The molecular formula is C48H75ClN6O15S2. The van der Waals surface area contributed by atoms with Crippen LogP contribution in [0, 0.1) is 11.8 Å². The summed E-state index contributed by atoms with van der Waals surface area (Å²) < 4.78 is 45.8. The van der Waals surface area contributed by atoms with E-state index in [4.69, 9.17) is 47.7 Å². The van der Waals surface area contributed by atoms with Gasteiger partial charge in [0.05, 0.1) is 53.9 Å². The Bertz CT molecular complexity index is 2150. The predicted molar refractivity (Wildman–Crippen MR) is 277 cm³/mol. The lowest BCUT2D eigenvalue weighted by atomic mass is 9.89. The molecule has 2 N–H and O–H groups in total.